The third-order valence-corrected chi connectivity index (χ3v) is 9.18. The van der Waals surface area contributed by atoms with Crippen LogP contribution in [0.1, 0.15) is 29.2 Å². The molecule has 3 aromatic rings. The number of halogens is 3. The van der Waals surface area contributed by atoms with E-state index in [9.17, 15) is 18.0 Å². The number of fused-ring (bicyclic) bond motifs is 1. The molecule has 1 saturated heterocycles. The summed E-state index contributed by atoms with van der Waals surface area (Å²) in [5.41, 5.74) is 1.55. The molecule has 6 nitrogen and oxygen atoms in total. The normalized spacial score (nSPS) is 19.4. The van der Waals surface area contributed by atoms with Crippen LogP contribution in [0.2, 0.25) is 4.82 Å². The van der Waals surface area contributed by atoms with E-state index < -0.39 is 17.4 Å². The second-order valence-corrected chi connectivity index (χ2v) is 11.3. The first-order chi connectivity index (χ1) is 15.2. The number of amides is 1. The molecular weight excluding hydrogens is 508 g/mol. The van der Waals surface area contributed by atoms with E-state index in [2.05, 4.69) is 10.1 Å². The van der Waals surface area contributed by atoms with Crippen molar-refractivity contribution in [2.24, 2.45) is 5.92 Å². The zero-order valence-electron chi connectivity index (χ0n) is 17.6. The van der Waals surface area contributed by atoms with Crippen LogP contribution in [0.4, 0.5) is 13.2 Å². The van der Waals surface area contributed by atoms with Gasteiger partial charge in [-0.25, -0.2) is 0 Å². The maximum atomic E-state index is 13.3. The number of hydrogen-bond acceptors (Lipinski definition) is 5. The Balaban J connectivity index is 1.56. The fourth-order valence-electron chi connectivity index (χ4n) is 3.85. The Bertz CT molecular complexity index is 1090. The van der Waals surface area contributed by atoms with Crippen LogP contribution < -0.4 is 4.46 Å². The number of imidazole rings is 1. The van der Waals surface area contributed by atoms with E-state index in [1.54, 1.807) is 16.5 Å². The molecule has 1 fully saturated rings. The number of aromatic nitrogens is 3. The maximum absolute atomic E-state index is 13.3. The minimum absolute atomic E-state index is 0.0412. The summed E-state index contributed by atoms with van der Waals surface area (Å²) in [5.74, 6) is -0.407. The summed E-state index contributed by atoms with van der Waals surface area (Å²) in [6.45, 7) is 2.83. The second-order valence-electron chi connectivity index (χ2n) is 7.75. The van der Waals surface area contributed by atoms with Gasteiger partial charge in [0.1, 0.15) is 0 Å². The van der Waals surface area contributed by atoms with E-state index in [1.165, 1.54) is 11.3 Å². The molecule has 1 aromatic carbocycles. The Hall–Kier alpha value is -1.94. The molecule has 1 amide bonds. The van der Waals surface area contributed by atoms with E-state index in [0.717, 1.165) is 25.8 Å². The predicted octanol–water partition coefficient (Wildman–Crippen LogP) is 3.36. The topological polar surface area (TPSA) is 59.7 Å². The van der Waals surface area contributed by atoms with Crippen LogP contribution in [0, 0.1) is 12.8 Å². The number of rotatable bonds is 8. The van der Waals surface area contributed by atoms with Crippen molar-refractivity contribution in [3.8, 4) is 0 Å². The molecule has 0 bridgehead atoms. The van der Waals surface area contributed by atoms with Gasteiger partial charge in [0.25, 0.3) is 0 Å². The Morgan fingerprint density at radius 3 is 2.72 bits per heavy atom. The number of alkyl halides is 3. The predicted molar refractivity (Wildman–Crippen MR) is 116 cm³/mol. The molecule has 1 aliphatic rings. The van der Waals surface area contributed by atoms with Gasteiger partial charge in [-0.1, -0.05) is 0 Å². The number of likely N-dealkylation sites (tertiary alicyclic amines) is 1. The molecule has 0 aliphatic carbocycles. The van der Waals surface area contributed by atoms with Gasteiger partial charge in [-0.2, -0.15) is 0 Å². The van der Waals surface area contributed by atoms with Gasteiger partial charge in [0.05, 0.1) is 0 Å². The van der Waals surface area contributed by atoms with E-state index >= 15 is 0 Å². The number of aryl methyl sites for hydroxylation is 1. The Morgan fingerprint density at radius 1 is 1.28 bits per heavy atom. The van der Waals surface area contributed by atoms with Crippen LogP contribution in [0.3, 0.4) is 0 Å². The van der Waals surface area contributed by atoms with Crippen molar-refractivity contribution >= 4 is 41.6 Å². The molecule has 0 radical (unpaired) electrons. The van der Waals surface area contributed by atoms with Crippen LogP contribution in [-0.4, -0.2) is 60.2 Å². The summed E-state index contributed by atoms with van der Waals surface area (Å²) in [5, 5.41) is 5.30. The van der Waals surface area contributed by atoms with Crippen LogP contribution >= 0.6 is 11.3 Å². The van der Waals surface area contributed by atoms with Crippen molar-refractivity contribution < 1.29 is 22.7 Å². The Morgan fingerprint density at radius 2 is 2.03 bits per heavy atom. The van der Waals surface area contributed by atoms with E-state index in [1.807, 2.05) is 37.3 Å². The number of carbonyl (C=O) groups is 1. The molecule has 2 atom stereocenters. The summed E-state index contributed by atoms with van der Waals surface area (Å²) >= 11 is 1.18. The fourth-order valence-corrected chi connectivity index (χ4v) is 7.45. The minimum atomic E-state index is -4.23. The van der Waals surface area contributed by atoms with E-state index in [0.29, 0.717) is 13.2 Å². The number of hydrogen-bond donors (Lipinski definition) is 0. The molecule has 11 heteroatoms. The van der Waals surface area contributed by atoms with Crippen LogP contribution in [0.5, 0.6) is 0 Å². The SMILES string of the molecule is COCc1nn2c(CN3CC(CCC(F)(F)F)C([Se]c4ccccc4)C3=O)c(C)nc2s1. The number of ether oxygens (including phenoxy) is 1. The fraction of sp³-hybridized carbons (Fsp3) is 0.476. The summed E-state index contributed by atoms with van der Waals surface area (Å²) in [6, 6.07) is 9.56. The molecule has 2 aromatic heterocycles. The summed E-state index contributed by atoms with van der Waals surface area (Å²) in [7, 11) is 1.59. The average molecular weight is 531 g/mol. The van der Waals surface area contributed by atoms with E-state index in [4.69, 9.17) is 4.74 Å². The van der Waals surface area contributed by atoms with E-state index in [-0.39, 0.29) is 39.7 Å². The van der Waals surface area contributed by atoms with Crippen molar-refractivity contribution in [1.82, 2.24) is 19.5 Å². The molecule has 0 saturated carbocycles. The first kappa shape index (κ1) is 23.2. The molecule has 4 rings (SSSR count). The number of methoxy groups -OCH3 is 1. The van der Waals surface area contributed by atoms with Crippen LogP contribution in [0.15, 0.2) is 30.3 Å². The number of carbonyl (C=O) groups excluding carboxylic acids is 1. The standard InChI is InChI=1S/C21H23F3N4O2SSe/c1-13-16(28-20(25-13)31-17(26-28)12-30-2)11-27-10-14(8-9-21(22,23)24)18(19(27)29)32-15-6-4-3-5-7-15/h3-7,14,18H,8-12H2,1-2H3. The molecule has 172 valence electrons. The van der Waals surface area contributed by atoms with Gasteiger partial charge in [-0.3, -0.25) is 0 Å². The third kappa shape index (κ3) is 5.17. The molecule has 1 aliphatic heterocycles. The van der Waals surface area contributed by atoms with Gasteiger partial charge < -0.3 is 0 Å². The zero-order chi connectivity index (χ0) is 22.9. The third-order valence-electron chi connectivity index (χ3n) is 5.39. The Kier molecular flexibility index (Phi) is 6.90. The number of nitrogens with zero attached hydrogens (tertiary/aromatic N) is 4. The van der Waals surface area contributed by atoms with Gasteiger partial charge in [0.15, 0.2) is 0 Å². The van der Waals surface area contributed by atoms with Gasteiger partial charge in [-0.05, 0) is 0 Å². The molecule has 32 heavy (non-hydrogen) atoms. The van der Waals surface area contributed by atoms with Crippen molar-refractivity contribution in [2.75, 3.05) is 13.7 Å². The molecule has 0 N–H and O–H groups in total. The van der Waals surface area contributed by atoms with Crippen LogP contribution in [0.25, 0.3) is 4.96 Å². The van der Waals surface area contributed by atoms with Crippen molar-refractivity contribution in [1.29, 1.82) is 0 Å². The molecule has 3 heterocycles. The average Bonchev–Trinajstić information content (AvgIpc) is 3.35. The summed E-state index contributed by atoms with van der Waals surface area (Å²) in [6.07, 6.45) is -5.14. The molecular formula is C21H23F3N4O2SSe. The molecule has 0 spiro atoms. The summed E-state index contributed by atoms with van der Waals surface area (Å²) in [4.78, 5) is 19.9. The molecule has 2 unspecified atom stereocenters. The first-order valence-electron chi connectivity index (χ1n) is 10.2. The van der Waals surface area contributed by atoms with Gasteiger partial charge >= 0.3 is 194 Å². The summed E-state index contributed by atoms with van der Waals surface area (Å²) < 4.78 is 46.7. The van der Waals surface area contributed by atoms with Crippen molar-refractivity contribution in [3.63, 3.8) is 0 Å². The Labute approximate surface area is 193 Å². The zero-order valence-corrected chi connectivity index (χ0v) is 20.2. The van der Waals surface area contributed by atoms with Gasteiger partial charge in [0, 0.05) is 0 Å². The second kappa shape index (κ2) is 9.51. The first-order valence-corrected chi connectivity index (χ1v) is 12.8. The quantitative estimate of drug-likeness (QED) is 0.419. The van der Waals surface area contributed by atoms with Crippen molar-refractivity contribution in [2.45, 2.75) is 43.9 Å². The van der Waals surface area contributed by atoms with Gasteiger partial charge in [0.2, 0.25) is 0 Å². The number of benzene rings is 1. The van der Waals surface area contributed by atoms with Crippen LogP contribution in [-0.2, 0) is 22.7 Å². The monoisotopic (exact) mass is 532 g/mol. The van der Waals surface area contributed by atoms with Crippen molar-refractivity contribution in [3.05, 3.63) is 46.7 Å². The van der Waals surface area contributed by atoms with Gasteiger partial charge in [-0.15, -0.1) is 0 Å².